The molecule has 0 bridgehead atoms. The molecule has 2 aliphatic rings. The molecule has 0 saturated carbocycles. The van der Waals surface area contributed by atoms with E-state index < -0.39 is 0 Å². The third kappa shape index (κ3) is 4.13. The fourth-order valence-corrected chi connectivity index (χ4v) is 4.70. The number of hydrogen-bond donors (Lipinski definition) is 1. The monoisotopic (exact) mass is 378 g/mol. The minimum Gasteiger partial charge on any atom is -0.396 e. The van der Waals surface area contributed by atoms with Crippen molar-refractivity contribution in [2.45, 2.75) is 19.3 Å². The number of piperidine rings is 1. The van der Waals surface area contributed by atoms with Gasteiger partial charge in [0.1, 0.15) is 0 Å². The Balaban J connectivity index is 1.51. The second-order valence-corrected chi connectivity index (χ2v) is 8.19. The maximum atomic E-state index is 13.4. The summed E-state index contributed by atoms with van der Waals surface area (Å²) in [7, 11) is 0. The van der Waals surface area contributed by atoms with Gasteiger partial charge in [0, 0.05) is 37.7 Å². The molecule has 1 N–H and O–H groups in total. The first-order valence-electron chi connectivity index (χ1n) is 10.5. The highest BCUT2D eigenvalue weighted by Gasteiger charge is 2.36. The zero-order chi connectivity index (χ0) is 19.3. The van der Waals surface area contributed by atoms with E-state index in [1.807, 2.05) is 59.5 Å². The number of likely N-dealkylation sites (tertiary alicyclic amines) is 2. The lowest BCUT2D eigenvalue weighted by molar-refractivity contribution is 0.0779. The maximum absolute atomic E-state index is 13.4. The molecule has 0 radical (unpaired) electrons. The van der Waals surface area contributed by atoms with Crippen LogP contribution in [0, 0.1) is 11.8 Å². The van der Waals surface area contributed by atoms with E-state index in [1.165, 1.54) is 19.3 Å². The van der Waals surface area contributed by atoms with E-state index in [2.05, 4.69) is 4.90 Å². The van der Waals surface area contributed by atoms with Crippen molar-refractivity contribution in [3.8, 4) is 11.1 Å². The zero-order valence-electron chi connectivity index (χ0n) is 16.5. The Morgan fingerprint density at radius 2 is 1.57 bits per heavy atom. The molecule has 4 nitrogen and oxygen atoms in total. The van der Waals surface area contributed by atoms with Gasteiger partial charge < -0.3 is 14.9 Å². The van der Waals surface area contributed by atoms with Gasteiger partial charge in [-0.3, -0.25) is 4.79 Å². The summed E-state index contributed by atoms with van der Waals surface area (Å²) in [6, 6.07) is 18.0. The Morgan fingerprint density at radius 3 is 2.32 bits per heavy atom. The average Bonchev–Trinajstić information content (AvgIpc) is 3.17. The summed E-state index contributed by atoms with van der Waals surface area (Å²) in [4.78, 5) is 17.8. The second-order valence-electron chi connectivity index (χ2n) is 8.19. The molecule has 1 amide bonds. The highest BCUT2D eigenvalue weighted by atomic mass is 16.3. The van der Waals surface area contributed by atoms with Crippen LogP contribution in [0.25, 0.3) is 11.1 Å². The third-order valence-corrected chi connectivity index (χ3v) is 6.28. The lowest BCUT2D eigenvalue weighted by Gasteiger charge is -2.30. The summed E-state index contributed by atoms with van der Waals surface area (Å²) in [5.74, 6) is 0.616. The molecule has 2 aromatic rings. The maximum Gasteiger partial charge on any atom is 0.254 e. The van der Waals surface area contributed by atoms with Gasteiger partial charge in [-0.05, 0) is 49.0 Å². The number of nitrogens with zero attached hydrogens (tertiary/aromatic N) is 2. The SMILES string of the molecule is O=C(c1ccccc1-c1ccccc1)N1C[C@@H](CO)[C@@H](CN2CCCCC2)C1. The van der Waals surface area contributed by atoms with Crippen molar-refractivity contribution in [3.05, 3.63) is 60.2 Å². The van der Waals surface area contributed by atoms with Gasteiger partial charge in [0.05, 0.1) is 0 Å². The number of aliphatic hydroxyl groups excluding tert-OH is 1. The van der Waals surface area contributed by atoms with Crippen LogP contribution in [-0.4, -0.2) is 60.1 Å². The quantitative estimate of drug-likeness (QED) is 0.866. The van der Waals surface area contributed by atoms with Crippen molar-refractivity contribution in [2.24, 2.45) is 11.8 Å². The number of rotatable bonds is 5. The van der Waals surface area contributed by atoms with Crippen LogP contribution in [0.3, 0.4) is 0 Å². The molecule has 2 aliphatic heterocycles. The van der Waals surface area contributed by atoms with Gasteiger partial charge >= 0.3 is 0 Å². The average molecular weight is 379 g/mol. The van der Waals surface area contributed by atoms with Gasteiger partial charge in [0.15, 0.2) is 0 Å². The van der Waals surface area contributed by atoms with Crippen molar-refractivity contribution in [2.75, 3.05) is 39.3 Å². The molecule has 4 rings (SSSR count). The highest BCUT2D eigenvalue weighted by molar-refractivity contribution is 6.01. The molecular weight excluding hydrogens is 348 g/mol. The minimum absolute atomic E-state index is 0.0825. The predicted molar refractivity (Wildman–Crippen MR) is 112 cm³/mol. The standard InChI is InChI=1S/C24H30N2O2/c27-18-21-17-26(16-20(21)15-25-13-7-2-8-14-25)24(28)23-12-6-5-11-22(23)19-9-3-1-4-10-19/h1,3-6,9-12,20-21,27H,2,7-8,13-18H2/t20-,21-/m0/s1. The van der Waals surface area contributed by atoms with Crippen LogP contribution in [0.15, 0.2) is 54.6 Å². The van der Waals surface area contributed by atoms with Crippen molar-refractivity contribution in [3.63, 3.8) is 0 Å². The first kappa shape index (κ1) is 19.2. The molecule has 148 valence electrons. The Kier molecular flexibility index (Phi) is 6.08. The molecule has 0 spiro atoms. The van der Waals surface area contributed by atoms with E-state index in [0.29, 0.717) is 12.5 Å². The molecule has 0 aromatic heterocycles. The number of amides is 1. The molecule has 2 atom stereocenters. The number of carbonyl (C=O) groups excluding carboxylic acids is 1. The number of benzene rings is 2. The molecule has 28 heavy (non-hydrogen) atoms. The van der Waals surface area contributed by atoms with Gasteiger partial charge in [0.25, 0.3) is 5.91 Å². The van der Waals surface area contributed by atoms with Crippen LogP contribution < -0.4 is 0 Å². The largest absolute Gasteiger partial charge is 0.396 e. The number of hydrogen-bond acceptors (Lipinski definition) is 3. The summed E-state index contributed by atoms with van der Waals surface area (Å²) in [6.07, 6.45) is 3.86. The Hall–Kier alpha value is -2.17. The van der Waals surface area contributed by atoms with Crippen molar-refractivity contribution < 1.29 is 9.90 Å². The highest BCUT2D eigenvalue weighted by Crippen LogP contribution is 2.30. The lowest BCUT2D eigenvalue weighted by atomic mass is 9.95. The molecule has 2 aromatic carbocycles. The van der Waals surface area contributed by atoms with Crippen LogP contribution in [-0.2, 0) is 0 Å². The fourth-order valence-electron chi connectivity index (χ4n) is 4.70. The first-order chi connectivity index (χ1) is 13.8. The molecule has 0 aliphatic carbocycles. The summed E-state index contributed by atoms with van der Waals surface area (Å²) in [5.41, 5.74) is 2.80. The van der Waals surface area contributed by atoms with E-state index in [-0.39, 0.29) is 18.4 Å². The van der Waals surface area contributed by atoms with Crippen molar-refractivity contribution in [1.29, 1.82) is 0 Å². The van der Waals surface area contributed by atoms with E-state index in [0.717, 1.165) is 42.9 Å². The normalized spacial score (nSPS) is 23.1. The summed E-state index contributed by atoms with van der Waals surface area (Å²) < 4.78 is 0. The molecule has 2 heterocycles. The molecule has 2 fully saturated rings. The number of aliphatic hydroxyl groups is 1. The van der Waals surface area contributed by atoms with Crippen LogP contribution in [0.1, 0.15) is 29.6 Å². The number of carbonyl (C=O) groups is 1. The summed E-state index contributed by atoms with van der Waals surface area (Å²) >= 11 is 0. The van der Waals surface area contributed by atoms with Crippen LogP contribution in [0.5, 0.6) is 0 Å². The second kappa shape index (κ2) is 8.89. The van der Waals surface area contributed by atoms with E-state index >= 15 is 0 Å². The smallest absolute Gasteiger partial charge is 0.254 e. The van der Waals surface area contributed by atoms with Gasteiger partial charge in [-0.2, -0.15) is 0 Å². The van der Waals surface area contributed by atoms with E-state index in [1.54, 1.807) is 0 Å². The van der Waals surface area contributed by atoms with E-state index in [4.69, 9.17) is 0 Å². The summed E-state index contributed by atoms with van der Waals surface area (Å²) in [6.45, 7) is 4.84. The predicted octanol–water partition coefficient (Wildman–Crippen LogP) is 3.52. The molecule has 4 heteroatoms. The van der Waals surface area contributed by atoms with Gasteiger partial charge in [-0.25, -0.2) is 0 Å². The Labute approximate surface area is 167 Å². The van der Waals surface area contributed by atoms with Gasteiger partial charge in [0.2, 0.25) is 0 Å². The van der Waals surface area contributed by atoms with Crippen LogP contribution in [0.2, 0.25) is 0 Å². The summed E-state index contributed by atoms with van der Waals surface area (Å²) in [5, 5.41) is 9.91. The first-order valence-corrected chi connectivity index (χ1v) is 10.5. The van der Waals surface area contributed by atoms with Gasteiger partial charge in [-0.1, -0.05) is 55.0 Å². The van der Waals surface area contributed by atoms with Crippen molar-refractivity contribution >= 4 is 5.91 Å². The van der Waals surface area contributed by atoms with Crippen molar-refractivity contribution in [1.82, 2.24) is 9.80 Å². The third-order valence-electron chi connectivity index (χ3n) is 6.28. The molecular formula is C24H30N2O2. The fraction of sp³-hybridized carbons (Fsp3) is 0.458. The molecule has 2 saturated heterocycles. The van der Waals surface area contributed by atoms with Crippen LogP contribution in [0.4, 0.5) is 0 Å². The zero-order valence-corrected chi connectivity index (χ0v) is 16.5. The lowest BCUT2D eigenvalue weighted by Crippen LogP contribution is -2.37. The Bertz CT molecular complexity index is 786. The Morgan fingerprint density at radius 1 is 0.893 bits per heavy atom. The topological polar surface area (TPSA) is 43.8 Å². The minimum atomic E-state index is 0.0825. The van der Waals surface area contributed by atoms with Gasteiger partial charge in [-0.15, -0.1) is 0 Å². The van der Waals surface area contributed by atoms with E-state index in [9.17, 15) is 9.90 Å². The molecule has 0 unspecified atom stereocenters. The van der Waals surface area contributed by atoms with Crippen LogP contribution >= 0.6 is 0 Å².